The highest BCUT2D eigenvalue weighted by atomic mass is 16.5. The van der Waals surface area contributed by atoms with Crippen LogP contribution < -0.4 is 15.7 Å². The smallest absolute Gasteiger partial charge is 0.292 e. The zero-order chi connectivity index (χ0) is 20.8. The zero-order valence-electron chi connectivity index (χ0n) is 15.7. The molecule has 1 amide bonds. The molecule has 2 aromatic heterocycles. The fourth-order valence-electron chi connectivity index (χ4n) is 2.52. The zero-order valence-corrected chi connectivity index (χ0v) is 15.7. The van der Waals surface area contributed by atoms with Crippen LogP contribution in [0.4, 0.5) is 0 Å². The maximum absolute atomic E-state index is 12.6. The molecule has 1 N–H and O–H groups in total. The lowest BCUT2D eigenvalue weighted by molar-refractivity contribution is 0.0947. The van der Waals surface area contributed by atoms with Crippen molar-refractivity contribution in [2.75, 3.05) is 7.11 Å². The molecular weight excluding hydrogens is 372 g/mol. The quantitative estimate of drug-likeness (QED) is 0.523. The van der Waals surface area contributed by atoms with Crippen molar-refractivity contribution < 1.29 is 9.53 Å². The summed E-state index contributed by atoms with van der Waals surface area (Å²) in [6.07, 6.45) is 4.64. The van der Waals surface area contributed by atoms with Crippen molar-refractivity contribution in [3.63, 3.8) is 0 Å². The summed E-state index contributed by atoms with van der Waals surface area (Å²) in [5.41, 5.74) is 2.80. The molecule has 9 nitrogen and oxygen atoms in total. The molecule has 0 atom stereocenters. The van der Waals surface area contributed by atoms with Gasteiger partial charge in [-0.1, -0.05) is 0 Å². The lowest BCUT2D eigenvalue weighted by atomic mass is 10.1. The van der Waals surface area contributed by atoms with Crippen molar-refractivity contribution in [3.8, 4) is 17.5 Å². The Morgan fingerprint density at radius 1 is 1.24 bits per heavy atom. The van der Waals surface area contributed by atoms with Crippen LogP contribution in [-0.4, -0.2) is 34.0 Å². The largest absolute Gasteiger partial charge is 0.497 e. The highest BCUT2D eigenvalue weighted by Gasteiger charge is 2.20. The molecule has 0 fully saturated rings. The number of ether oxygens (including phenoxy) is 1. The Morgan fingerprint density at radius 3 is 2.55 bits per heavy atom. The van der Waals surface area contributed by atoms with Crippen LogP contribution in [0.3, 0.4) is 0 Å². The molecule has 0 bridgehead atoms. The van der Waals surface area contributed by atoms with Crippen LogP contribution in [0.5, 0.6) is 5.75 Å². The third kappa shape index (κ3) is 4.17. The van der Waals surface area contributed by atoms with Gasteiger partial charge in [-0.25, -0.2) is 5.43 Å². The van der Waals surface area contributed by atoms with Crippen LogP contribution in [0.2, 0.25) is 0 Å². The Bertz CT molecular complexity index is 1160. The van der Waals surface area contributed by atoms with Gasteiger partial charge in [-0.15, -0.1) is 0 Å². The first-order chi connectivity index (χ1) is 14.0. The fraction of sp³-hybridized carbons (Fsp3) is 0.100. The Hall–Kier alpha value is -4.32. The Kier molecular flexibility index (Phi) is 5.75. The average Bonchev–Trinajstić information content (AvgIpc) is 2.75. The highest BCUT2D eigenvalue weighted by Crippen LogP contribution is 2.15. The number of hydrogen-bond acceptors (Lipinski definition) is 7. The van der Waals surface area contributed by atoms with E-state index in [1.54, 1.807) is 48.8 Å². The van der Waals surface area contributed by atoms with E-state index in [1.165, 1.54) is 20.2 Å². The van der Waals surface area contributed by atoms with Gasteiger partial charge in [-0.3, -0.25) is 14.6 Å². The van der Waals surface area contributed by atoms with Crippen molar-refractivity contribution >= 4 is 12.1 Å². The van der Waals surface area contributed by atoms with E-state index in [1.807, 2.05) is 6.07 Å². The van der Waals surface area contributed by atoms with Gasteiger partial charge in [-0.05, 0) is 48.9 Å². The van der Waals surface area contributed by atoms with Crippen LogP contribution in [-0.2, 0) is 0 Å². The summed E-state index contributed by atoms with van der Waals surface area (Å²) in [4.78, 5) is 29.1. The van der Waals surface area contributed by atoms with Gasteiger partial charge in [-0.2, -0.15) is 20.1 Å². The standard InChI is InChI=1S/C20H16N6O3/c1-13-17(11-21)20(28)26(15-3-5-16(29-2)6-4-15)25-18(13)19(27)24-23-12-14-7-9-22-10-8-14/h3-10,12H,1-2H3,(H,24,27)/b23-12+. The minimum absolute atomic E-state index is 0.0798. The maximum Gasteiger partial charge on any atom is 0.292 e. The molecule has 144 valence electrons. The summed E-state index contributed by atoms with van der Waals surface area (Å²) < 4.78 is 6.10. The normalized spacial score (nSPS) is 10.5. The number of rotatable bonds is 5. The molecule has 2 heterocycles. The van der Waals surface area contributed by atoms with Crippen LogP contribution in [0.1, 0.15) is 27.2 Å². The van der Waals surface area contributed by atoms with E-state index in [0.29, 0.717) is 11.4 Å². The SMILES string of the molecule is COc1ccc(-n2nc(C(=O)N/N=C/c3ccncc3)c(C)c(C#N)c2=O)cc1. The molecule has 0 saturated carbocycles. The number of carbonyl (C=O) groups excluding carboxylic acids is 1. The molecule has 0 spiro atoms. The second-order valence-corrected chi connectivity index (χ2v) is 5.86. The first-order valence-corrected chi connectivity index (χ1v) is 8.47. The Morgan fingerprint density at radius 2 is 1.93 bits per heavy atom. The second-order valence-electron chi connectivity index (χ2n) is 5.86. The number of amides is 1. The fourth-order valence-corrected chi connectivity index (χ4v) is 2.52. The predicted octanol–water partition coefficient (Wildman–Crippen LogP) is 1.58. The van der Waals surface area contributed by atoms with Gasteiger partial charge >= 0.3 is 0 Å². The highest BCUT2D eigenvalue weighted by molar-refractivity contribution is 5.94. The second kappa shape index (κ2) is 8.58. The summed E-state index contributed by atoms with van der Waals surface area (Å²) in [7, 11) is 1.52. The monoisotopic (exact) mass is 388 g/mol. The first-order valence-electron chi connectivity index (χ1n) is 8.47. The van der Waals surface area contributed by atoms with E-state index < -0.39 is 11.5 Å². The number of benzene rings is 1. The molecule has 0 unspecified atom stereocenters. The minimum Gasteiger partial charge on any atom is -0.497 e. The van der Waals surface area contributed by atoms with Crippen molar-refractivity contribution in [2.24, 2.45) is 5.10 Å². The number of pyridine rings is 1. The van der Waals surface area contributed by atoms with Crippen LogP contribution in [0, 0.1) is 18.3 Å². The van der Waals surface area contributed by atoms with E-state index in [2.05, 4.69) is 20.6 Å². The molecule has 3 aromatic rings. The number of hydrogen-bond donors (Lipinski definition) is 1. The average molecular weight is 388 g/mol. The summed E-state index contributed by atoms with van der Waals surface area (Å²) in [6.45, 7) is 1.49. The van der Waals surface area contributed by atoms with Gasteiger partial charge in [0, 0.05) is 18.0 Å². The Labute approximate surface area is 165 Å². The number of carbonyl (C=O) groups is 1. The van der Waals surface area contributed by atoms with E-state index >= 15 is 0 Å². The van der Waals surface area contributed by atoms with Crippen LogP contribution in [0.25, 0.3) is 5.69 Å². The lowest BCUT2D eigenvalue weighted by Crippen LogP contribution is -2.31. The van der Waals surface area contributed by atoms with Crippen molar-refractivity contribution in [1.29, 1.82) is 5.26 Å². The van der Waals surface area contributed by atoms with Gasteiger partial charge < -0.3 is 4.74 Å². The lowest BCUT2D eigenvalue weighted by Gasteiger charge is -2.11. The van der Waals surface area contributed by atoms with Gasteiger partial charge in [0.05, 0.1) is 19.0 Å². The van der Waals surface area contributed by atoms with Crippen molar-refractivity contribution in [1.82, 2.24) is 20.2 Å². The number of methoxy groups -OCH3 is 1. The van der Waals surface area contributed by atoms with E-state index in [-0.39, 0.29) is 16.8 Å². The number of nitrogens with zero attached hydrogens (tertiary/aromatic N) is 5. The van der Waals surface area contributed by atoms with Crippen LogP contribution in [0.15, 0.2) is 58.7 Å². The number of aromatic nitrogens is 3. The summed E-state index contributed by atoms with van der Waals surface area (Å²) >= 11 is 0. The molecular formula is C20H16N6O3. The topological polar surface area (TPSA) is 122 Å². The molecule has 0 saturated heterocycles. The molecule has 9 heteroatoms. The van der Waals surface area contributed by atoms with Crippen molar-refractivity contribution in [2.45, 2.75) is 6.92 Å². The third-order valence-electron chi connectivity index (χ3n) is 4.07. The Balaban J connectivity index is 1.97. The van der Waals surface area contributed by atoms with E-state index in [9.17, 15) is 14.9 Å². The molecule has 0 radical (unpaired) electrons. The van der Waals surface area contributed by atoms with Gasteiger partial charge in [0.15, 0.2) is 5.69 Å². The third-order valence-corrected chi connectivity index (χ3v) is 4.07. The molecule has 29 heavy (non-hydrogen) atoms. The van der Waals surface area contributed by atoms with Gasteiger partial charge in [0.1, 0.15) is 17.4 Å². The van der Waals surface area contributed by atoms with Crippen molar-refractivity contribution in [3.05, 3.63) is 81.5 Å². The number of nitriles is 1. The number of nitrogens with one attached hydrogen (secondary N) is 1. The van der Waals surface area contributed by atoms with Gasteiger partial charge in [0.2, 0.25) is 0 Å². The molecule has 0 aliphatic heterocycles. The first kappa shape index (κ1) is 19.4. The molecule has 0 aliphatic rings. The van der Waals surface area contributed by atoms with Gasteiger partial charge in [0.25, 0.3) is 11.5 Å². The summed E-state index contributed by atoms with van der Waals surface area (Å²) in [5.74, 6) is -0.0515. The number of hydrazone groups is 1. The molecule has 3 rings (SSSR count). The minimum atomic E-state index is -0.647. The summed E-state index contributed by atoms with van der Waals surface area (Å²) in [6, 6.07) is 11.8. The maximum atomic E-state index is 12.6. The summed E-state index contributed by atoms with van der Waals surface area (Å²) in [5, 5.41) is 17.4. The predicted molar refractivity (Wildman–Crippen MR) is 105 cm³/mol. The molecule has 1 aromatic carbocycles. The van der Waals surface area contributed by atoms with Crippen LogP contribution >= 0.6 is 0 Å². The molecule has 0 aliphatic carbocycles. The van der Waals surface area contributed by atoms with E-state index in [4.69, 9.17) is 4.74 Å². The van der Waals surface area contributed by atoms with E-state index in [0.717, 1.165) is 10.2 Å².